The molecule has 1 N–H and O–H groups in total. The van der Waals surface area contributed by atoms with E-state index in [0.29, 0.717) is 22.5 Å². The first-order valence-corrected chi connectivity index (χ1v) is 11.2. The van der Waals surface area contributed by atoms with Gasteiger partial charge in [-0.1, -0.05) is 6.92 Å². The van der Waals surface area contributed by atoms with E-state index in [1.165, 1.54) is 18.4 Å². The number of anilines is 2. The van der Waals surface area contributed by atoms with E-state index in [4.69, 9.17) is 4.74 Å². The number of hydrogen-bond acceptors (Lipinski definition) is 7. The number of hydrogen-bond donors (Lipinski definition) is 1. The van der Waals surface area contributed by atoms with E-state index in [-0.39, 0.29) is 18.2 Å². The Hall–Kier alpha value is -2.71. The molecular formula is C23H29N3O4S. The number of ether oxygens (including phenoxy) is 1. The number of methoxy groups -OCH3 is 1. The molecule has 0 unspecified atom stereocenters. The minimum Gasteiger partial charge on any atom is -0.465 e. The number of nitrogens with zero attached hydrogens (tertiary/aromatic N) is 2. The molecule has 1 aromatic carbocycles. The highest BCUT2D eigenvalue weighted by Gasteiger charge is 2.24. The summed E-state index contributed by atoms with van der Waals surface area (Å²) >= 11 is 1.42. The number of Topliss-reactive ketones (excluding diaryl/α,β-unsaturated/α-hetero) is 1. The number of piperazine rings is 1. The number of amides is 1. The van der Waals surface area contributed by atoms with Crippen LogP contribution in [0.3, 0.4) is 0 Å². The summed E-state index contributed by atoms with van der Waals surface area (Å²) in [5.74, 6) is -0.487. The third kappa shape index (κ3) is 5.32. The predicted octanol–water partition coefficient (Wildman–Crippen LogP) is 3.37. The summed E-state index contributed by atoms with van der Waals surface area (Å²) in [6.45, 7) is 8.90. The highest BCUT2D eigenvalue weighted by Crippen LogP contribution is 2.34. The maximum Gasteiger partial charge on any atom is 0.341 e. The molecule has 0 saturated carbocycles. The van der Waals surface area contributed by atoms with Crippen LogP contribution in [0.5, 0.6) is 0 Å². The van der Waals surface area contributed by atoms with Gasteiger partial charge in [0.2, 0.25) is 5.91 Å². The zero-order chi connectivity index (χ0) is 22.5. The van der Waals surface area contributed by atoms with Gasteiger partial charge in [0.1, 0.15) is 5.00 Å². The Kier molecular flexibility index (Phi) is 7.46. The molecule has 0 radical (unpaired) electrons. The van der Waals surface area contributed by atoms with Gasteiger partial charge in [0.25, 0.3) is 0 Å². The molecule has 0 spiro atoms. The molecule has 1 amide bonds. The van der Waals surface area contributed by atoms with Crippen LogP contribution in [0.1, 0.15) is 45.0 Å². The maximum atomic E-state index is 12.7. The fourth-order valence-electron chi connectivity index (χ4n) is 3.85. The van der Waals surface area contributed by atoms with E-state index in [0.717, 1.165) is 42.3 Å². The second kappa shape index (κ2) is 10.1. The first-order valence-electron chi connectivity index (χ1n) is 10.4. The van der Waals surface area contributed by atoms with Crippen molar-refractivity contribution in [3.8, 4) is 0 Å². The standard InChI is InChI=1S/C23H29N3O4S/c1-5-19-16(3)31-22(21(19)23(29)30-4)24-20(28)14-25-10-12-26(13-11-25)18-8-6-17(7-9-18)15(2)27/h6-9H,5,10-14H2,1-4H3,(H,24,28). The van der Waals surface area contributed by atoms with Crippen molar-refractivity contribution < 1.29 is 19.1 Å². The topological polar surface area (TPSA) is 79.0 Å². The van der Waals surface area contributed by atoms with Crippen molar-refractivity contribution in [1.82, 2.24) is 4.90 Å². The van der Waals surface area contributed by atoms with Gasteiger partial charge < -0.3 is 15.0 Å². The summed E-state index contributed by atoms with van der Waals surface area (Å²) in [6, 6.07) is 7.64. The van der Waals surface area contributed by atoms with Crippen LogP contribution < -0.4 is 10.2 Å². The van der Waals surface area contributed by atoms with E-state index in [1.807, 2.05) is 38.1 Å². The molecule has 3 rings (SSSR count). The highest BCUT2D eigenvalue weighted by molar-refractivity contribution is 7.16. The molecule has 1 aromatic heterocycles. The molecule has 166 valence electrons. The van der Waals surface area contributed by atoms with Gasteiger partial charge in [0.15, 0.2) is 5.78 Å². The fraction of sp³-hybridized carbons (Fsp3) is 0.435. The zero-order valence-electron chi connectivity index (χ0n) is 18.5. The number of carbonyl (C=O) groups is 3. The molecule has 0 bridgehead atoms. The Morgan fingerprint density at radius 2 is 1.74 bits per heavy atom. The summed E-state index contributed by atoms with van der Waals surface area (Å²) in [4.78, 5) is 41.7. The van der Waals surface area contributed by atoms with Gasteiger partial charge in [-0.25, -0.2) is 4.79 Å². The third-order valence-corrected chi connectivity index (χ3v) is 6.65. The van der Waals surface area contributed by atoms with Gasteiger partial charge >= 0.3 is 5.97 Å². The molecule has 2 heterocycles. The molecule has 8 heteroatoms. The number of nitrogens with one attached hydrogen (secondary N) is 1. The zero-order valence-corrected chi connectivity index (χ0v) is 19.3. The molecule has 2 aromatic rings. The van der Waals surface area contributed by atoms with Crippen LogP contribution in [-0.2, 0) is 16.0 Å². The minimum absolute atomic E-state index is 0.0599. The van der Waals surface area contributed by atoms with Crippen molar-refractivity contribution in [2.75, 3.05) is 50.1 Å². The lowest BCUT2D eigenvalue weighted by Gasteiger charge is -2.35. The lowest BCUT2D eigenvalue weighted by Crippen LogP contribution is -2.48. The van der Waals surface area contributed by atoms with Crippen molar-refractivity contribution in [1.29, 1.82) is 0 Å². The Morgan fingerprint density at radius 1 is 1.10 bits per heavy atom. The lowest BCUT2D eigenvalue weighted by molar-refractivity contribution is -0.117. The van der Waals surface area contributed by atoms with Crippen LogP contribution in [0.4, 0.5) is 10.7 Å². The average molecular weight is 444 g/mol. The van der Waals surface area contributed by atoms with E-state index in [2.05, 4.69) is 15.1 Å². The van der Waals surface area contributed by atoms with Crippen LogP contribution in [0.2, 0.25) is 0 Å². The van der Waals surface area contributed by atoms with Crippen LogP contribution in [0.25, 0.3) is 0 Å². The molecule has 7 nitrogen and oxygen atoms in total. The first-order chi connectivity index (χ1) is 14.8. The molecule has 1 aliphatic rings. The lowest BCUT2D eigenvalue weighted by atomic mass is 10.1. The van der Waals surface area contributed by atoms with E-state index < -0.39 is 5.97 Å². The van der Waals surface area contributed by atoms with Gasteiger partial charge in [-0.3, -0.25) is 14.5 Å². The Labute approximate surface area is 187 Å². The van der Waals surface area contributed by atoms with Crippen molar-refractivity contribution >= 4 is 39.7 Å². The number of thiophene rings is 1. The quantitative estimate of drug-likeness (QED) is 0.522. The predicted molar refractivity (Wildman–Crippen MR) is 124 cm³/mol. The molecule has 31 heavy (non-hydrogen) atoms. The second-order valence-corrected chi connectivity index (χ2v) is 8.83. The number of carbonyl (C=O) groups excluding carboxylic acids is 3. The number of esters is 1. The molecule has 0 atom stereocenters. The second-order valence-electron chi connectivity index (χ2n) is 7.60. The largest absolute Gasteiger partial charge is 0.465 e. The summed E-state index contributed by atoms with van der Waals surface area (Å²) in [5.41, 5.74) is 3.19. The molecule has 0 aliphatic carbocycles. The van der Waals surface area contributed by atoms with Crippen LogP contribution >= 0.6 is 11.3 Å². The number of aryl methyl sites for hydroxylation is 1. The van der Waals surface area contributed by atoms with Crippen LogP contribution in [-0.4, -0.2) is 62.4 Å². The maximum absolute atomic E-state index is 12.7. The average Bonchev–Trinajstić information content (AvgIpc) is 3.08. The first kappa shape index (κ1) is 23.0. The molecule has 1 fully saturated rings. The normalized spacial score (nSPS) is 14.4. The summed E-state index contributed by atoms with van der Waals surface area (Å²) < 4.78 is 4.92. The summed E-state index contributed by atoms with van der Waals surface area (Å²) in [5, 5.41) is 3.49. The number of benzene rings is 1. The van der Waals surface area contributed by atoms with Crippen molar-refractivity contribution in [3.05, 3.63) is 45.8 Å². The third-order valence-electron chi connectivity index (χ3n) is 5.58. The smallest absolute Gasteiger partial charge is 0.341 e. The van der Waals surface area contributed by atoms with Gasteiger partial charge in [-0.2, -0.15) is 0 Å². The monoisotopic (exact) mass is 443 g/mol. The van der Waals surface area contributed by atoms with Crippen LogP contribution in [0.15, 0.2) is 24.3 Å². The fourth-order valence-corrected chi connectivity index (χ4v) is 5.00. The Balaban J connectivity index is 1.57. The van der Waals surface area contributed by atoms with Gasteiger partial charge in [-0.15, -0.1) is 11.3 Å². The molecular weight excluding hydrogens is 414 g/mol. The Morgan fingerprint density at radius 3 is 2.29 bits per heavy atom. The van der Waals surface area contributed by atoms with Gasteiger partial charge in [-0.05, 0) is 50.1 Å². The summed E-state index contributed by atoms with van der Waals surface area (Å²) in [7, 11) is 1.35. The minimum atomic E-state index is -0.416. The molecule has 1 aliphatic heterocycles. The van der Waals surface area contributed by atoms with Gasteiger partial charge in [0.05, 0.1) is 19.2 Å². The number of rotatable bonds is 7. The van der Waals surface area contributed by atoms with Crippen molar-refractivity contribution in [2.24, 2.45) is 0 Å². The van der Waals surface area contributed by atoms with E-state index in [9.17, 15) is 14.4 Å². The Bertz CT molecular complexity index is 960. The number of ketones is 1. The van der Waals surface area contributed by atoms with Crippen molar-refractivity contribution in [2.45, 2.75) is 27.2 Å². The SMILES string of the molecule is CCc1c(C)sc(NC(=O)CN2CCN(c3ccc(C(C)=O)cc3)CC2)c1C(=O)OC. The van der Waals surface area contributed by atoms with E-state index in [1.54, 1.807) is 6.92 Å². The van der Waals surface area contributed by atoms with Gasteiger partial charge in [0, 0.05) is 42.3 Å². The molecule has 1 saturated heterocycles. The van der Waals surface area contributed by atoms with Crippen LogP contribution in [0, 0.1) is 6.92 Å². The van der Waals surface area contributed by atoms with E-state index >= 15 is 0 Å². The van der Waals surface area contributed by atoms with Crippen molar-refractivity contribution in [3.63, 3.8) is 0 Å². The highest BCUT2D eigenvalue weighted by atomic mass is 32.1. The summed E-state index contributed by atoms with van der Waals surface area (Å²) in [6.07, 6.45) is 0.706.